The summed E-state index contributed by atoms with van der Waals surface area (Å²) in [7, 11) is 0. The van der Waals surface area contributed by atoms with Crippen molar-refractivity contribution in [1.29, 1.82) is 0 Å². The summed E-state index contributed by atoms with van der Waals surface area (Å²) in [6.07, 6.45) is 1.67. The van der Waals surface area contributed by atoms with E-state index < -0.39 is 6.10 Å². The van der Waals surface area contributed by atoms with Crippen molar-refractivity contribution in [2.75, 3.05) is 0 Å². The number of aliphatic hydroxyl groups excluding tert-OH is 1. The van der Waals surface area contributed by atoms with Crippen LogP contribution < -0.4 is 0 Å². The lowest BCUT2D eigenvalue weighted by Crippen LogP contribution is -1.99. The van der Waals surface area contributed by atoms with Crippen molar-refractivity contribution in [3.05, 3.63) is 35.0 Å². The number of hydrogen-bond donors (Lipinski definition) is 1. The Morgan fingerprint density at radius 1 is 1.12 bits per heavy atom. The Labute approximate surface area is 103 Å². The molecule has 0 saturated carbocycles. The van der Waals surface area contributed by atoms with Gasteiger partial charge in [-0.15, -0.1) is 0 Å². The molecule has 1 N–H and O–H groups in total. The summed E-state index contributed by atoms with van der Waals surface area (Å²) in [5.74, 6) is 0. The lowest BCUT2D eigenvalue weighted by atomic mass is 10.0. The van der Waals surface area contributed by atoms with Gasteiger partial charge >= 0.3 is 0 Å². The van der Waals surface area contributed by atoms with Crippen LogP contribution in [0.1, 0.15) is 49.6 Å². The van der Waals surface area contributed by atoms with Crippen LogP contribution in [0, 0.1) is 13.8 Å². The van der Waals surface area contributed by atoms with Crippen LogP contribution in [0.5, 0.6) is 0 Å². The second kappa shape index (κ2) is 4.19. The summed E-state index contributed by atoms with van der Waals surface area (Å²) in [5, 5.41) is 11.1. The second-order valence-electron chi connectivity index (χ2n) is 5.24. The van der Waals surface area contributed by atoms with Crippen LogP contribution in [0.4, 0.5) is 0 Å². The molecule has 17 heavy (non-hydrogen) atoms. The third-order valence-electron chi connectivity index (χ3n) is 3.30. The highest BCUT2D eigenvalue weighted by Gasteiger charge is 2.15. The van der Waals surface area contributed by atoms with Gasteiger partial charge in [0.15, 0.2) is 0 Å². The second-order valence-corrected chi connectivity index (χ2v) is 5.24. The number of aryl methyl sites for hydroxylation is 2. The molecule has 0 fully saturated rings. The molecule has 1 unspecified atom stereocenters. The van der Waals surface area contributed by atoms with Crippen LogP contribution in [0.2, 0.25) is 0 Å². The van der Waals surface area contributed by atoms with E-state index in [0.29, 0.717) is 6.04 Å². The molecule has 0 amide bonds. The van der Waals surface area contributed by atoms with Gasteiger partial charge < -0.3 is 9.67 Å². The van der Waals surface area contributed by atoms with Gasteiger partial charge in [-0.3, -0.25) is 0 Å². The van der Waals surface area contributed by atoms with Crippen molar-refractivity contribution in [1.82, 2.24) is 4.57 Å². The summed E-state index contributed by atoms with van der Waals surface area (Å²) in [6, 6.07) is 4.78. The molecule has 2 aromatic rings. The van der Waals surface area contributed by atoms with Gasteiger partial charge in [-0.1, -0.05) is 11.6 Å². The van der Waals surface area contributed by atoms with E-state index in [1.165, 1.54) is 22.0 Å². The molecule has 0 saturated heterocycles. The highest BCUT2D eigenvalue weighted by Crippen LogP contribution is 2.31. The van der Waals surface area contributed by atoms with Gasteiger partial charge in [-0.2, -0.15) is 0 Å². The quantitative estimate of drug-likeness (QED) is 0.833. The van der Waals surface area contributed by atoms with E-state index >= 15 is 0 Å². The molecular formula is C15H21NO. The molecular weight excluding hydrogens is 210 g/mol. The summed E-state index contributed by atoms with van der Waals surface area (Å²) in [5.41, 5.74) is 4.81. The molecule has 2 rings (SSSR count). The molecule has 0 aliphatic carbocycles. The van der Waals surface area contributed by atoms with E-state index in [1.807, 2.05) is 6.92 Å². The maximum Gasteiger partial charge on any atom is 0.0782 e. The van der Waals surface area contributed by atoms with Crippen LogP contribution in [-0.2, 0) is 0 Å². The first-order valence-corrected chi connectivity index (χ1v) is 6.21. The number of rotatable bonds is 2. The van der Waals surface area contributed by atoms with E-state index in [9.17, 15) is 5.11 Å². The molecule has 1 aromatic carbocycles. The van der Waals surface area contributed by atoms with Crippen molar-refractivity contribution >= 4 is 10.9 Å². The molecule has 0 bridgehead atoms. The Bertz CT molecular complexity index is 550. The van der Waals surface area contributed by atoms with Gasteiger partial charge in [0.05, 0.1) is 11.6 Å². The smallest absolute Gasteiger partial charge is 0.0782 e. The number of aliphatic hydroxyl groups is 1. The van der Waals surface area contributed by atoms with Gasteiger partial charge in [-0.05, 0) is 46.2 Å². The Morgan fingerprint density at radius 3 is 2.29 bits per heavy atom. The van der Waals surface area contributed by atoms with Crippen molar-refractivity contribution < 1.29 is 5.11 Å². The Hall–Kier alpha value is -1.28. The Kier molecular flexibility index (Phi) is 3.00. The zero-order valence-electron chi connectivity index (χ0n) is 11.3. The maximum absolute atomic E-state index is 9.89. The number of benzene rings is 1. The Balaban J connectivity index is 2.86. The van der Waals surface area contributed by atoms with Gasteiger partial charge in [0.2, 0.25) is 0 Å². The average molecular weight is 231 g/mol. The molecule has 0 radical (unpaired) electrons. The first-order valence-electron chi connectivity index (χ1n) is 6.21. The lowest BCUT2D eigenvalue weighted by molar-refractivity contribution is 0.200. The fourth-order valence-corrected chi connectivity index (χ4v) is 2.55. The van der Waals surface area contributed by atoms with Crippen molar-refractivity contribution in [3.63, 3.8) is 0 Å². The third-order valence-corrected chi connectivity index (χ3v) is 3.30. The van der Waals surface area contributed by atoms with E-state index in [-0.39, 0.29) is 0 Å². The number of hydrogen-bond acceptors (Lipinski definition) is 1. The van der Waals surface area contributed by atoms with Gasteiger partial charge in [-0.25, -0.2) is 0 Å². The molecule has 2 heteroatoms. The normalized spacial score (nSPS) is 13.6. The topological polar surface area (TPSA) is 25.2 Å². The molecule has 2 nitrogen and oxygen atoms in total. The van der Waals surface area contributed by atoms with E-state index in [1.54, 1.807) is 0 Å². The first-order chi connectivity index (χ1) is 7.91. The minimum Gasteiger partial charge on any atom is -0.389 e. The molecule has 0 aliphatic heterocycles. The predicted octanol–water partition coefficient (Wildman–Crippen LogP) is 3.89. The summed E-state index contributed by atoms with van der Waals surface area (Å²) < 4.78 is 2.26. The van der Waals surface area contributed by atoms with Crippen LogP contribution in [0.3, 0.4) is 0 Å². The van der Waals surface area contributed by atoms with Crippen LogP contribution in [0.25, 0.3) is 10.9 Å². The van der Waals surface area contributed by atoms with E-state index in [0.717, 1.165) is 5.56 Å². The largest absolute Gasteiger partial charge is 0.389 e. The average Bonchev–Trinajstić information content (AvgIpc) is 2.56. The number of nitrogens with zero attached hydrogens (tertiary/aromatic N) is 1. The zero-order valence-corrected chi connectivity index (χ0v) is 11.3. The van der Waals surface area contributed by atoms with Crippen LogP contribution in [0.15, 0.2) is 18.3 Å². The molecule has 1 aromatic heterocycles. The van der Waals surface area contributed by atoms with Crippen molar-refractivity contribution in [3.8, 4) is 0 Å². The highest BCUT2D eigenvalue weighted by atomic mass is 16.3. The standard InChI is InChI=1S/C15H21NO/c1-9(2)16-8-14(12(5)17)13-7-10(3)6-11(4)15(13)16/h6-9,12,17H,1-5H3. The third kappa shape index (κ3) is 1.98. The molecule has 1 heterocycles. The van der Waals surface area contributed by atoms with Crippen molar-refractivity contribution in [2.45, 2.75) is 46.8 Å². The van der Waals surface area contributed by atoms with Crippen LogP contribution >= 0.6 is 0 Å². The minimum absolute atomic E-state index is 0.409. The fraction of sp³-hybridized carbons (Fsp3) is 0.467. The van der Waals surface area contributed by atoms with Crippen molar-refractivity contribution in [2.24, 2.45) is 0 Å². The van der Waals surface area contributed by atoms with E-state index in [4.69, 9.17) is 0 Å². The van der Waals surface area contributed by atoms with Gasteiger partial charge in [0.1, 0.15) is 0 Å². The molecule has 92 valence electrons. The zero-order chi connectivity index (χ0) is 12.7. The molecule has 1 atom stereocenters. The Morgan fingerprint density at radius 2 is 1.76 bits per heavy atom. The van der Waals surface area contributed by atoms with Gasteiger partial charge in [0, 0.05) is 23.2 Å². The minimum atomic E-state index is -0.418. The first kappa shape index (κ1) is 12.2. The van der Waals surface area contributed by atoms with Crippen LogP contribution in [-0.4, -0.2) is 9.67 Å². The maximum atomic E-state index is 9.89. The summed E-state index contributed by atoms with van der Waals surface area (Å²) >= 11 is 0. The highest BCUT2D eigenvalue weighted by molar-refractivity contribution is 5.88. The molecule has 0 aliphatic rings. The SMILES string of the molecule is Cc1cc(C)c2c(c1)c(C(C)O)cn2C(C)C. The monoisotopic (exact) mass is 231 g/mol. The fourth-order valence-electron chi connectivity index (χ4n) is 2.55. The number of fused-ring (bicyclic) bond motifs is 1. The van der Waals surface area contributed by atoms with Gasteiger partial charge in [0.25, 0.3) is 0 Å². The summed E-state index contributed by atoms with van der Waals surface area (Å²) in [6.45, 7) is 10.4. The lowest BCUT2D eigenvalue weighted by Gasteiger charge is -2.11. The predicted molar refractivity (Wildman–Crippen MR) is 72.4 cm³/mol. The molecule has 0 spiro atoms. The summed E-state index contributed by atoms with van der Waals surface area (Å²) in [4.78, 5) is 0. The van der Waals surface area contributed by atoms with E-state index in [2.05, 4.69) is 50.6 Å². The number of aromatic nitrogens is 1.